The van der Waals surface area contributed by atoms with Crippen LogP contribution in [0.5, 0.6) is 23.0 Å². The van der Waals surface area contributed by atoms with Crippen molar-refractivity contribution in [2.45, 2.75) is 32.0 Å². The molecule has 4 heterocycles. The first-order valence-corrected chi connectivity index (χ1v) is 16.6. The van der Waals surface area contributed by atoms with E-state index in [2.05, 4.69) is 10.2 Å². The number of likely N-dealkylation sites (tertiary alicyclic amines) is 1. The van der Waals surface area contributed by atoms with E-state index in [-0.39, 0.29) is 29.6 Å². The standard InChI is InChI=1S/C26H29N3O5.C12H11NO3/c1-32-21-5-2-18-4-7-25(30)29(22(18)17-21)13-12-28-10-8-20(9-11-28)27-26(31)19-3-6-23-24(16-19)34-15-14-33-23;1-16-10-4-2-9-3-5-12(15)13(6-7-14)11(9)8-10/h2-7,16-17,20H,8-15H2,1H3,(H,27,31);2-5,7-8H,6H2,1H3. The molecule has 0 atom stereocenters. The minimum Gasteiger partial charge on any atom is -0.497 e. The molecule has 3 aromatic carbocycles. The van der Waals surface area contributed by atoms with Gasteiger partial charge < -0.3 is 43.1 Å². The number of fused-ring (bicyclic) bond motifs is 3. The average molecular weight is 681 g/mol. The molecule has 0 radical (unpaired) electrons. The normalized spacial score (nSPS) is 14.4. The molecule has 2 aromatic heterocycles. The Labute approximate surface area is 288 Å². The number of benzene rings is 3. The number of hydrogen-bond acceptors (Lipinski definition) is 9. The van der Waals surface area contributed by atoms with Crippen LogP contribution < -0.4 is 35.4 Å². The van der Waals surface area contributed by atoms with Crippen LogP contribution in [0.15, 0.2) is 88.5 Å². The molecule has 0 spiro atoms. The molecule has 5 aromatic rings. The SMILES string of the molecule is COc1ccc2ccc(=O)n(CC=O)c2c1.COc1ccc2ccc(=O)n(CCN3CCC(NC(=O)c4ccc5c(c4)OCCO5)CC3)c2c1. The van der Waals surface area contributed by atoms with Gasteiger partial charge in [0.1, 0.15) is 31.0 Å². The van der Waals surface area contributed by atoms with E-state index in [1.807, 2.05) is 41.0 Å². The van der Waals surface area contributed by atoms with Gasteiger partial charge in [0.2, 0.25) is 0 Å². The summed E-state index contributed by atoms with van der Waals surface area (Å²) in [6.45, 7) is 4.21. The predicted molar refractivity (Wildman–Crippen MR) is 190 cm³/mol. The molecule has 260 valence electrons. The number of aldehydes is 1. The number of nitrogens with zero attached hydrogens (tertiary/aromatic N) is 3. The Morgan fingerprint density at radius 3 is 1.96 bits per heavy atom. The van der Waals surface area contributed by atoms with Crippen LogP contribution in [0.1, 0.15) is 23.2 Å². The van der Waals surface area contributed by atoms with Crippen LogP contribution >= 0.6 is 0 Å². The highest BCUT2D eigenvalue weighted by molar-refractivity contribution is 5.95. The zero-order valence-electron chi connectivity index (χ0n) is 28.1. The smallest absolute Gasteiger partial charge is 0.251 e. The van der Waals surface area contributed by atoms with E-state index in [1.54, 1.807) is 50.6 Å². The van der Waals surface area contributed by atoms with Crippen LogP contribution in [0.3, 0.4) is 0 Å². The number of piperidine rings is 1. The second-order valence-electron chi connectivity index (χ2n) is 12.1. The largest absolute Gasteiger partial charge is 0.497 e. The highest BCUT2D eigenvalue weighted by atomic mass is 16.6. The van der Waals surface area contributed by atoms with Gasteiger partial charge in [-0.3, -0.25) is 14.4 Å². The number of hydrogen-bond donors (Lipinski definition) is 1. The highest BCUT2D eigenvalue weighted by Gasteiger charge is 2.22. The fraction of sp³-hybridized carbons (Fsp3) is 0.316. The molecule has 2 aliphatic heterocycles. The van der Waals surface area contributed by atoms with Crippen LogP contribution in [0, 0.1) is 0 Å². The molecule has 1 saturated heterocycles. The van der Waals surface area contributed by atoms with E-state index in [0.29, 0.717) is 54.4 Å². The molecule has 7 rings (SSSR count). The number of methoxy groups -OCH3 is 2. The van der Waals surface area contributed by atoms with E-state index < -0.39 is 0 Å². The van der Waals surface area contributed by atoms with Crippen molar-refractivity contribution in [3.05, 3.63) is 105 Å². The average Bonchev–Trinajstić information content (AvgIpc) is 3.15. The van der Waals surface area contributed by atoms with Gasteiger partial charge in [-0.2, -0.15) is 0 Å². The van der Waals surface area contributed by atoms with Gasteiger partial charge in [0.25, 0.3) is 17.0 Å². The summed E-state index contributed by atoms with van der Waals surface area (Å²) < 4.78 is 24.8. The van der Waals surface area contributed by atoms with Gasteiger partial charge in [0.05, 0.1) is 31.8 Å². The Bertz CT molecular complexity index is 2120. The summed E-state index contributed by atoms with van der Waals surface area (Å²) >= 11 is 0. The van der Waals surface area contributed by atoms with Crippen LogP contribution in [0.2, 0.25) is 0 Å². The maximum absolute atomic E-state index is 12.7. The summed E-state index contributed by atoms with van der Waals surface area (Å²) in [7, 11) is 3.19. The molecule has 1 fully saturated rings. The van der Waals surface area contributed by atoms with Crippen molar-refractivity contribution in [2.75, 3.05) is 47.1 Å². The Balaban J connectivity index is 0.000000226. The van der Waals surface area contributed by atoms with E-state index in [4.69, 9.17) is 18.9 Å². The zero-order valence-corrected chi connectivity index (χ0v) is 28.1. The van der Waals surface area contributed by atoms with Crippen molar-refractivity contribution in [2.24, 2.45) is 0 Å². The van der Waals surface area contributed by atoms with Crippen molar-refractivity contribution in [1.29, 1.82) is 0 Å². The molecule has 0 aliphatic carbocycles. The lowest BCUT2D eigenvalue weighted by molar-refractivity contribution is -0.108. The van der Waals surface area contributed by atoms with Gasteiger partial charge in [-0.15, -0.1) is 0 Å². The third-order valence-electron chi connectivity index (χ3n) is 9.02. The van der Waals surface area contributed by atoms with Crippen molar-refractivity contribution in [3.63, 3.8) is 0 Å². The summed E-state index contributed by atoms with van der Waals surface area (Å²) in [5.41, 5.74) is 1.97. The number of carbonyl (C=O) groups is 2. The van der Waals surface area contributed by atoms with Gasteiger partial charge in [-0.05, 0) is 78.2 Å². The van der Waals surface area contributed by atoms with Crippen molar-refractivity contribution in [1.82, 2.24) is 19.4 Å². The summed E-state index contributed by atoms with van der Waals surface area (Å²) in [5.74, 6) is 2.61. The monoisotopic (exact) mass is 680 g/mol. The quantitative estimate of drug-likeness (QED) is 0.231. The summed E-state index contributed by atoms with van der Waals surface area (Å²) in [6.07, 6.45) is 2.45. The summed E-state index contributed by atoms with van der Waals surface area (Å²) in [5, 5.41) is 5.07. The Kier molecular flexibility index (Phi) is 10.8. The van der Waals surface area contributed by atoms with Gasteiger partial charge >= 0.3 is 0 Å². The van der Waals surface area contributed by atoms with E-state index in [9.17, 15) is 19.2 Å². The highest BCUT2D eigenvalue weighted by Crippen LogP contribution is 2.31. The number of pyridine rings is 2. The zero-order chi connectivity index (χ0) is 35.0. The maximum Gasteiger partial charge on any atom is 0.251 e. The number of nitrogens with one attached hydrogen (secondary N) is 1. The minimum atomic E-state index is -0.187. The lowest BCUT2D eigenvalue weighted by Crippen LogP contribution is -2.45. The van der Waals surface area contributed by atoms with E-state index in [1.165, 1.54) is 10.6 Å². The van der Waals surface area contributed by atoms with Crippen LogP contribution in [-0.4, -0.2) is 79.3 Å². The Hall–Kier alpha value is -5.62. The minimum absolute atomic E-state index is 0.0117. The molecule has 12 heteroatoms. The summed E-state index contributed by atoms with van der Waals surface area (Å²) in [6, 6.07) is 23.3. The lowest BCUT2D eigenvalue weighted by atomic mass is 10.0. The molecule has 0 unspecified atom stereocenters. The Morgan fingerprint density at radius 1 is 0.760 bits per heavy atom. The Morgan fingerprint density at radius 2 is 1.34 bits per heavy atom. The molecule has 12 nitrogen and oxygen atoms in total. The maximum atomic E-state index is 12.7. The number of carbonyl (C=O) groups excluding carboxylic acids is 2. The predicted octanol–water partition coefficient (Wildman–Crippen LogP) is 3.88. The van der Waals surface area contributed by atoms with Gasteiger partial charge in [-0.1, -0.05) is 0 Å². The topological polar surface area (TPSA) is 130 Å². The first-order valence-electron chi connectivity index (χ1n) is 16.6. The second kappa shape index (κ2) is 15.7. The molecule has 2 aliphatic rings. The van der Waals surface area contributed by atoms with Gasteiger partial charge in [-0.25, -0.2) is 0 Å². The van der Waals surface area contributed by atoms with Gasteiger partial charge in [0.15, 0.2) is 11.5 Å². The molecule has 1 N–H and O–H groups in total. The van der Waals surface area contributed by atoms with Crippen LogP contribution in [0.4, 0.5) is 0 Å². The van der Waals surface area contributed by atoms with E-state index >= 15 is 0 Å². The first kappa shape index (κ1) is 34.3. The number of amides is 1. The molecular weight excluding hydrogens is 640 g/mol. The fourth-order valence-corrected chi connectivity index (χ4v) is 6.28. The van der Waals surface area contributed by atoms with Crippen molar-refractivity contribution >= 4 is 34.0 Å². The van der Waals surface area contributed by atoms with Gasteiger partial charge in [0, 0.05) is 62.0 Å². The van der Waals surface area contributed by atoms with Crippen LogP contribution in [-0.2, 0) is 17.9 Å². The molecule has 50 heavy (non-hydrogen) atoms. The molecule has 0 saturated carbocycles. The number of rotatable bonds is 9. The molecular formula is C38H40N4O8. The number of aromatic nitrogens is 2. The molecule has 0 bridgehead atoms. The van der Waals surface area contributed by atoms with Crippen molar-refractivity contribution < 1.29 is 28.5 Å². The first-order chi connectivity index (χ1) is 24.4. The third kappa shape index (κ3) is 7.81. The second-order valence-corrected chi connectivity index (χ2v) is 12.1. The van der Waals surface area contributed by atoms with Crippen LogP contribution in [0.25, 0.3) is 21.8 Å². The lowest BCUT2D eigenvalue weighted by Gasteiger charge is -2.32. The fourth-order valence-electron chi connectivity index (χ4n) is 6.28. The molecule has 1 amide bonds. The van der Waals surface area contributed by atoms with Crippen molar-refractivity contribution in [3.8, 4) is 23.0 Å². The van der Waals surface area contributed by atoms with E-state index in [0.717, 1.165) is 54.5 Å². The third-order valence-corrected chi connectivity index (χ3v) is 9.02. The number of ether oxygens (including phenoxy) is 4. The summed E-state index contributed by atoms with van der Waals surface area (Å²) in [4.78, 5) is 49.7.